The van der Waals surface area contributed by atoms with Crippen LogP contribution in [0, 0.1) is 0 Å². The molecule has 3 heteroatoms. The van der Waals surface area contributed by atoms with E-state index in [1.54, 1.807) is 0 Å². The molecule has 18 heavy (non-hydrogen) atoms. The molecule has 2 nitrogen and oxygen atoms in total. The highest BCUT2D eigenvalue weighted by atomic mass is 32.1. The van der Waals surface area contributed by atoms with Crippen LogP contribution in [-0.4, -0.2) is 23.6 Å². The first kappa shape index (κ1) is 13.3. The molecule has 0 radical (unpaired) electrons. The van der Waals surface area contributed by atoms with E-state index in [0.29, 0.717) is 0 Å². The molecule has 2 aromatic rings. The van der Waals surface area contributed by atoms with Gasteiger partial charge in [-0.3, -0.25) is 0 Å². The second-order valence-corrected chi connectivity index (χ2v) is 5.57. The molecule has 1 N–H and O–H groups in total. The summed E-state index contributed by atoms with van der Waals surface area (Å²) >= 11 is 1.82. The van der Waals surface area contributed by atoms with Crippen molar-refractivity contribution in [2.75, 3.05) is 13.6 Å². The Morgan fingerprint density at radius 1 is 1.11 bits per heavy atom. The minimum atomic E-state index is 0.120. The highest BCUT2D eigenvalue weighted by Crippen LogP contribution is 2.11. The van der Waals surface area contributed by atoms with Gasteiger partial charge in [-0.15, -0.1) is 11.3 Å². The summed E-state index contributed by atoms with van der Waals surface area (Å²) < 4.78 is 0. The third kappa shape index (κ3) is 3.95. The molecule has 2 rings (SSSR count). The van der Waals surface area contributed by atoms with Crippen molar-refractivity contribution < 1.29 is 5.11 Å². The number of aliphatic hydroxyl groups excluding tert-OH is 1. The van der Waals surface area contributed by atoms with E-state index in [-0.39, 0.29) is 6.61 Å². The van der Waals surface area contributed by atoms with Crippen molar-refractivity contribution in [3.05, 3.63) is 57.8 Å². The Morgan fingerprint density at radius 2 is 1.83 bits per heavy atom. The Labute approximate surface area is 113 Å². The quantitative estimate of drug-likeness (QED) is 0.864. The zero-order valence-corrected chi connectivity index (χ0v) is 11.5. The van der Waals surface area contributed by atoms with Crippen LogP contribution >= 0.6 is 11.3 Å². The first-order chi connectivity index (χ1) is 8.78. The van der Waals surface area contributed by atoms with E-state index in [2.05, 4.69) is 41.6 Å². The maximum Gasteiger partial charge on any atom is 0.0681 e. The summed E-state index contributed by atoms with van der Waals surface area (Å²) in [5.41, 5.74) is 2.26. The molecule has 0 spiro atoms. The molecule has 0 saturated heterocycles. The topological polar surface area (TPSA) is 23.5 Å². The number of hydrogen-bond acceptors (Lipinski definition) is 3. The average Bonchev–Trinajstić information content (AvgIpc) is 2.90. The molecule has 0 bridgehead atoms. The van der Waals surface area contributed by atoms with E-state index in [4.69, 9.17) is 5.11 Å². The molecule has 0 aliphatic carbocycles. The Kier molecular flexibility index (Phi) is 4.93. The zero-order chi connectivity index (χ0) is 12.8. The van der Waals surface area contributed by atoms with Gasteiger partial charge in [-0.25, -0.2) is 0 Å². The van der Waals surface area contributed by atoms with E-state index in [1.807, 2.05) is 23.5 Å². The molecule has 1 aromatic heterocycles. The van der Waals surface area contributed by atoms with Crippen molar-refractivity contribution in [2.24, 2.45) is 0 Å². The summed E-state index contributed by atoms with van der Waals surface area (Å²) in [5.74, 6) is 0. The molecular formula is C15H19NOS. The smallest absolute Gasteiger partial charge is 0.0681 e. The van der Waals surface area contributed by atoms with Gasteiger partial charge >= 0.3 is 0 Å². The van der Waals surface area contributed by atoms with Gasteiger partial charge in [0.15, 0.2) is 0 Å². The first-order valence-corrected chi connectivity index (χ1v) is 7.05. The van der Waals surface area contributed by atoms with Crippen molar-refractivity contribution in [2.45, 2.75) is 19.6 Å². The molecule has 0 fully saturated rings. The third-order valence-electron chi connectivity index (χ3n) is 2.98. The zero-order valence-electron chi connectivity index (χ0n) is 10.7. The number of thiophene rings is 1. The van der Waals surface area contributed by atoms with Gasteiger partial charge in [0, 0.05) is 18.0 Å². The molecule has 1 aromatic carbocycles. The summed E-state index contributed by atoms with van der Waals surface area (Å²) in [6, 6.07) is 12.5. The van der Waals surface area contributed by atoms with Gasteiger partial charge in [0.2, 0.25) is 0 Å². The van der Waals surface area contributed by atoms with E-state index in [1.165, 1.54) is 10.4 Å². The van der Waals surface area contributed by atoms with Crippen LogP contribution in [0.1, 0.15) is 16.0 Å². The summed E-state index contributed by atoms with van der Waals surface area (Å²) in [7, 11) is 2.15. The summed E-state index contributed by atoms with van der Waals surface area (Å²) in [4.78, 5) is 3.77. The SMILES string of the molecule is CN(CCc1cccs1)Cc1ccc(CO)cc1. The van der Waals surface area contributed by atoms with E-state index >= 15 is 0 Å². The molecule has 0 amide bonds. The molecule has 0 aliphatic rings. The molecule has 0 atom stereocenters. The van der Waals surface area contributed by atoms with Gasteiger partial charge in [0.05, 0.1) is 6.61 Å². The normalized spacial score (nSPS) is 11.1. The van der Waals surface area contributed by atoms with E-state index in [9.17, 15) is 0 Å². The van der Waals surface area contributed by atoms with Crippen molar-refractivity contribution in [3.63, 3.8) is 0 Å². The molecule has 0 unspecified atom stereocenters. The Morgan fingerprint density at radius 3 is 2.44 bits per heavy atom. The fraction of sp³-hybridized carbons (Fsp3) is 0.333. The molecule has 0 aliphatic heterocycles. The van der Waals surface area contributed by atoms with Crippen molar-refractivity contribution >= 4 is 11.3 Å². The second-order valence-electron chi connectivity index (χ2n) is 4.54. The lowest BCUT2D eigenvalue weighted by Gasteiger charge is -2.16. The van der Waals surface area contributed by atoms with E-state index in [0.717, 1.165) is 25.1 Å². The Balaban J connectivity index is 1.80. The number of rotatable bonds is 6. The fourth-order valence-electron chi connectivity index (χ4n) is 1.90. The molecular weight excluding hydrogens is 242 g/mol. The lowest BCUT2D eigenvalue weighted by atomic mass is 10.1. The Bertz CT molecular complexity index is 450. The van der Waals surface area contributed by atoms with Gasteiger partial charge in [0.25, 0.3) is 0 Å². The van der Waals surface area contributed by atoms with Gasteiger partial charge in [-0.1, -0.05) is 30.3 Å². The van der Waals surface area contributed by atoms with Gasteiger partial charge in [-0.05, 0) is 36.0 Å². The van der Waals surface area contributed by atoms with Gasteiger partial charge in [0.1, 0.15) is 0 Å². The summed E-state index contributed by atoms with van der Waals surface area (Å²) in [5, 5.41) is 11.1. The predicted octanol–water partition coefficient (Wildman–Crippen LogP) is 2.91. The van der Waals surface area contributed by atoms with Crippen LogP contribution in [0.15, 0.2) is 41.8 Å². The molecule has 0 saturated carbocycles. The largest absolute Gasteiger partial charge is 0.392 e. The van der Waals surface area contributed by atoms with Crippen molar-refractivity contribution in [1.29, 1.82) is 0 Å². The molecule has 1 heterocycles. The minimum Gasteiger partial charge on any atom is -0.392 e. The van der Waals surface area contributed by atoms with E-state index < -0.39 is 0 Å². The number of likely N-dealkylation sites (N-methyl/N-ethyl adjacent to an activating group) is 1. The highest BCUT2D eigenvalue weighted by molar-refractivity contribution is 7.09. The van der Waals surface area contributed by atoms with Crippen LogP contribution in [0.5, 0.6) is 0 Å². The standard InChI is InChI=1S/C15H19NOS/c1-16(9-8-15-3-2-10-18-15)11-13-4-6-14(12-17)7-5-13/h2-7,10,17H,8-9,11-12H2,1H3. The lowest BCUT2D eigenvalue weighted by molar-refractivity contribution is 0.281. The van der Waals surface area contributed by atoms with Gasteiger partial charge < -0.3 is 10.0 Å². The van der Waals surface area contributed by atoms with Crippen LogP contribution in [0.4, 0.5) is 0 Å². The van der Waals surface area contributed by atoms with Crippen LogP contribution in [0.25, 0.3) is 0 Å². The maximum absolute atomic E-state index is 8.99. The molecule has 96 valence electrons. The summed E-state index contributed by atoms with van der Waals surface area (Å²) in [6.45, 7) is 2.15. The second kappa shape index (κ2) is 6.69. The van der Waals surface area contributed by atoms with Crippen LogP contribution in [-0.2, 0) is 19.6 Å². The maximum atomic E-state index is 8.99. The number of nitrogens with zero attached hydrogens (tertiary/aromatic N) is 1. The average molecular weight is 261 g/mol. The monoisotopic (exact) mass is 261 g/mol. The summed E-state index contributed by atoms with van der Waals surface area (Å²) in [6.07, 6.45) is 1.11. The van der Waals surface area contributed by atoms with Crippen LogP contribution in [0.3, 0.4) is 0 Å². The number of benzene rings is 1. The minimum absolute atomic E-state index is 0.120. The predicted molar refractivity (Wildman–Crippen MR) is 76.7 cm³/mol. The van der Waals surface area contributed by atoms with Crippen molar-refractivity contribution in [1.82, 2.24) is 4.90 Å². The van der Waals surface area contributed by atoms with Gasteiger partial charge in [-0.2, -0.15) is 0 Å². The van der Waals surface area contributed by atoms with Crippen LogP contribution < -0.4 is 0 Å². The third-order valence-corrected chi connectivity index (χ3v) is 3.91. The fourth-order valence-corrected chi connectivity index (χ4v) is 2.59. The number of aliphatic hydroxyl groups is 1. The first-order valence-electron chi connectivity index (χ1n) is 6.17. The van der Waals surface area contributed by atoms with Crippen LogP contribution in [0.2, 0.25) is 0 Å². The lowest BCUT2D eigenvalue weighted by Crippen LogP contribution is -2.20. The Hall–Kier alpha value is -1.16. The highest BCUT2D eigenvalue weighted by Gasteiger charge is 2.02. The van der Waals surface area contributed by atoms with Crippen molar-refractivity contribution in [3.8, 4) is 0 Å². The number of hydrogen-bond donors (Lipinski definition) is 1.